The molecule has 0 bridgehead atoms. The average molecular weight is 209 g/mol. The van der Waals surface area contributed by atoms with E-state index in [0.29, 0.717) is 0 Å². The molecular weight excluding hydrogens is 198 g/mol. The van der Waals surface area contributed by atoms with Gasteiger partial charge in [-0.15, -0.1) is 0 Å². The van der Waals surface area contributed by atoms with E-state index >= 15 is 0 Å². The molecule has 3 rings (SSSR count). The first-order valence-corrected chi connectivity index (χ1v) is 5.19. The average Bonchev–Trinajstić information content (AvgIpc) is 2.72. The number of pyridine rings is 2. The molecule has 3 nitrogen and oxygen atoms in total. The number of fused-ring (bicyclic) bond motifs is 1. The van der Waals surface area contributed by atoms with Gasteiger partial charge in [-0.2, -0.15) is 0 Å². The van der Waals surface area contributed by atoms with Crippen molar-refractivity contribution < 1.29 is 0 Å². The van der Waals surface area contributed by atoms with Gasteiger partial charge < -0.3 is 4.98 Å². The fourth-order valence-corrected chi connectivity index (χ4v) is 1.83. The molecular formula is C13H11N3. The number of hydrogen-bond donors (Lipinski definition) is 1. The monoisotopic (exact) mass is 209 g/mol. The second kappa shape index (κ2) is 3.45. The summed E-state index contributed by atoms with van der Waals surface area (Å²) in [4.78, 5) is 11.7. The number of hydrogen-bond acceptors (Lipinski definition) is 2. The molecule has 0 saturated carbocycles. The van der Waals surface area contributed by atoms with Crippen molar-refractivity contribution in [3.05, 3.63) is 48.5 Å². The molecule has 0 aliphatic heterocycles. The molecule has 0 saturated heterocycles. The van der Waals surface area contributed by atoms with Gasteiger partial charge in [0.25, 0.3) is 0 Å². The second-order valence-corrected chi connectivity index (χ2v) is 3.83. The first-order chi connectivity index (χ1) is 7.84. The van der Waals surface area contributed by atoms with Crippen LogP contribution in [0.1, 0.15) is 5.56 Å². The Kier molecular flexibility index (Phi) is 1.96. The molecule has 0 atom stereocenters. The molecule has 0 unspecified atom stereocenters. The third-order valence-corrected chi connectivity index (χ3v) is 2.73. The van der Waals surface area contributed by atoms with Crippen LogP contribution in [0.25, 0.3) is 22.2 Å². The minimum absolute atomic E-state index is 0.935. The van der Waals surface area contributed by atoms with Gasteiger partial charge in [0.1, 0.15) is 5.65 Å². The molecule has 78 valence electrons. The Hall–Kier alpha value is -2.16. The molecule has 3 aromatic heterocycles. The lowest BCUT2D eigenvalue weighted by Crippen LogP contribution is -1.82. The Morgan fingerprint density at radius 2 is 2.12 bits per heavy atom. The van der Waals surface area contributed by atoms with Gasteiger partial charge in [0.05, 0.1) is 0 Å². The highest BCUT2D eigenvalue weighted by Gasteiger charge is 2.03. The van der Waals surface area contributed by atoms with Crippen LogP contribution >= 0.6 is 0 Å². The molecule has 3 heteroatoms. The van der Waals surface area contributed by atoms with Crippen LogP contribution in [0.2, 0.25) is 0 Å². The van der Waals surface area contributed by atoms with Crippen molar-refractivity contribution in [2.24, 2.45) is 0 Å². The summed E-state index contributed by atoms with van der Waals surface area (Å²) < 4.78 is 0. The Labute approximate surface area is 93.2 Å². The van der Waals surface area contributed by atoms with Crippen molar-refractivity contribution in [3.8, 4) is 11.1 Å². The maximum Gasteiger partial charge on any atom is 0.137 e. The van der Waals surface area contributed by atoms with Gasteiger partial charge in [0.15, 0.2) is 0 Å². The summed E-state index contributed by atoms with van der Waals surface area (Å²) in [5, 5.41) is 1.17. The molecule has 0 aromatic carbocycles. The Balaban J connectivity index is 2.22. The molecule has 16 heavy (non-hydrogen) atoms. The summed E-state index contributed by atoms with van der Waals surface area (Å²) in [5.41, 5.74) is 4.35. The number of aryl methyl sites for hydroxylation is 1. The summed E-state index contributed by atoms with van der Waals surface area (Å²) in [6.07, 6.45) is 7.47. The molecule has 3 heterocycles. The highest BCUT2D eigenvalue weighted by atomic mass is 14.8. The van der Waals surface area contributed by atoms with Gasteiger partial charge in [0, 0.05) is 41.3 Å². The van der Waals surface area contributed by atoms with Gasteiger partial charge in [-0.05, 0) is 24.6 Å². The Morgan fingerprint density at radius 3 is 2.94 bits per heavy atom. The van der Waals surface area contributed by atoms with E-state index in [2.05, 4.69) is 27.9 Å². The first kappa shape index (κ1) is 9.09. The van der Waals surface area contributed by atoms with Gasteiger partial charge in [0.2, 0.25) is 0 Å². The van der Waals surface area contributed by atoms with Crippen molar-refractivity contribution in [2.75, 3.05) is 0 Å². The van der Waals surface area contributed by atoms with Crippen LogP contribution < -0.4 is 0 Å². The number of nitrogens with one attached hydrogen (secondary N) is 1. The van der Waals surface area contributed by atoms with Crippen LogP contribution in [0.4, 0.5) is 0 Å². The normalized spacial score (nSPS) is 10.8. The summed E-state index contributed by atoms with van der Waals surface area (Å²) in [6.45, 7) is 2.08. The van der Waals surface area contributed by atoms with Gasteiger partial charge in [-0.1, -0.05) is 6.07 Å². The summed E-state index contributed by atoms with van der Waals surface area (Å²) in [6, 6.07) is 6.12. The quantitative estimate of drug-likeness (QED) is 0.669. The SMILES string of the molecule is Cc1c[nH]c2ncc(-c3cccnc3)cc12. The van der Waals surface area contributed by atoms with E-state index in [-0.39, 0.29) is 0 Å². The molecule has 0 aliphatic rings. The van der Waals surface area contributed by atoms with Gasteiger partial charge >= 0.3 is 0 Å². The fraction of sp³-hybridized carbons (Fsp3) is 0.0769. The third kappa shape index (κ3) is 1.37. The molecule has 0 radical (unpaired) electrons. The standard InChI is InChI=1S/C13H11N3/c1-9-6-15-13-12(9)5-11(8-16-13)10-3-2-4-14-7-10/h2-8H,1H3,(H,15,16). The van der Waals surface area contributed by atoms with E-state index in [0.717, 1.165) is 16.8 Å². The van der Waals surface area contributed by atoms with Crippen molar-refractivity contribution in [1.29, 1.82) is 0 Å². The van der Waals surface area contributed by atoms with E-state index in [1.165, 1.54) is 10.9 Å². The number of nitrogens with zero attached hydrogens (tertiary/aromatic N) is 2. The van der Waals surface area contributed by atoms with Crippen LogP contribution in [0.5, 0.6) is 0 Å². The summed E-state index contributed by atoms with van der Waals surface area (Å²) >= 11 is 0. The molecule has 0 spiro atoms. The highest BCUT2D eigenvalue weighted by Crippen LogP contribution is 2.23. The number of aromatic amines is 1. The lowest BCUT2D eigenvalue weighted by Gasteiger charge is -2.00. The van der Waals surface area contributed by atoms with E-state index in [9.17, 15) is 0 Å². The first-order valence-electron chi connectivity index (χ1n) is 5.19. The maximum absolute atomic E-state index is 4.40. The zero-order chi connectivity index (χ0) is 11.0. The van der Waals surface area contributed by atoms with Crippen molar-refractivity contribution >= 4 is 11.0 Å². The molecule has 0 fully saturated rings. The molecule has 3 aromatic rings. The summed E-state index contributed by atoms with van der Waals surface area (Å²) in [5.74, 6) is 0. The number of rotatable bonds is 1. The fourth-order valence-electron chi connectivity index (χ4n) is 1.83. The predicted octanol–water partition coefficient (Wildman–Crippen LogP) is 2.93. The van der Waals surface area contributed by atoms with Crippen LogP contribution in [0.3, 0.4) is 0 Å². The highest BCUT2D eigenvalue weighted by molar-refractivity contribution is 5.84. The lowest BCUT2D eigenvalue weighted by atomic mass is 10.1. The van der Waals surface area contributed by atoms with Crippen LogP contribution in [0.15, 0.2) is 43.0 Å². The second-order valence-electron chi connectivity index (χ2n) is 3.83. The van der Waals surface area contributed by atoms with E-state index < -0.39 is 0 Å². The largest absolute Gasteiger partial charge is 0.346 e. The zero-order valence-corrected chi connectivity index (χ0v) is 8.94. The van der Waals surface area contributed by atoms with E-state index in [1.807, 2.05) is 30.7 Å². The van der Waals surface area contributed by atoms with Crippen molar-refractivity contribution in [3.63, 3.8) is 0 Å². The van der Waals surface area contributed by atoms with E-state index in [1.54, 1.807) is 6.20 Å². The minimum Gasteiger partial charge on any atom is -0.346 e. The topological polar surface area (TPSA) is 41.6 Å². The smallest absolute Gasteiger partial charge is 0.137 e. The van der Waals surface area contributed by atoms with Gasteiger partial charge in [-0.25, -0.2) is 4.98 Å². The molecule has 0 aliphatic carbocycles. The Morgan fingerprint density at radius 1 is 1.19 bits per heavy atom. The minimum atomic E-state index is 0.935. The van der Waals surface area contributed by atoms with Crippen LogP contribution in [-0.2, 0) is 0 Å². The van der Waals surface area contributed by atoms with Crippen molar-refractivity contribution in [1.82, 2.24) is 15.0 Å². The zero-order valence-electron chi connectivity index (χ0n) is 8.94. The third-order valence-electron chi connectivity index (χ3n) is 2.73. The predicted molar refractivity (Wildman–Crippen MR) is 64.1 cm³/mol. The maximum atomic E-state index is 4.40. The van der Waals surface area contributed by atoms with Crippen LogP contribution in [0, 0.1) is 6.92 Å². The lowest BCUT2D eigenvalue weighted by molar-refractivity contribution is 1.30. The molecule has 1 N–H and O–H groups in total. The number of H-pyrrole nitrogens is 1. The van der Waals surface area contributed by atoms with Crippen LogP contribution in [-0.4, -0.2) is 15.0 Å². The summed E-state index contributed by atoms with van der Waals surface area (Å²) in [7, 11) is 0. The van der Waals surface area contributed by atoms with E-state index in [4.69, 9.17) is 0 Å². The van der Waals surface area contributed by atoms with Gasteiger partial charge in [-0.3, -0.25) is 4.98 Å². The van der Waals surface area contributed by atoms with Crippen molar-refractivity contribution in [2.45, 2.75) is 6.92 Å². The Bertz CT molecular complexity index is 626. The number of aromatic nitrogens is 3. The molecule has 0 amide bonds.